The van der Waals surface area contributed by atoms with Crippen molar-refractivity contribution in [3.63, 3.8) is 0 Å². The van der Waals surface area contributed by atoms with Crippen LogP contribution in [0.25, 0.3) is 10.8 Å². The van der Waals surface area contributed by atoms with Crippen molar-refractivity contribution in [2.45, 2.75) is 31.6 Å². The molecule has 124 valence electrons. The first-order valence-electron chi connectivity index (χ1n) is 8.17. The van der Waals surface area contributed by atoms with Crippen molar-refractivity contribution in [3.8, 4) is 0 Å². The van der Waals surface area contributed by atoms with Gasteiger partial charge < -0.3 is 0 Å². The second kappa shape index (κ2) is 6.88. The van der Waals surface area contributed by atoms with E-state index in [0.29, 0.717) is 0 Å². The average Bonchev–Trinajstić information content (AvgIpc) is 2.59. The van der Waals surface area contributed by atoms with Gasteiger partial charge in [0.05, 0.1) is 21.8 Å². The van der Waals surface area contributed by atoms with Crippen LogP contribution in [0.4, 0.5) is 0 Å². The first-order valence-corrected chi connectivity index (χ1v) is 9.32. The van der Waals surface area contributed by atoms with Crippen molar-refractivity contribution < 1.29 is 4.21 Å². The van der Waals surface area contributed by atoms with Gasteiger partial charge in [-0.05, 0) is 48.7 Å². The molecule has 3 aromatic rings. The summed E-state index contributed by atoms with van der Waals surface area (Å²) in [6.45, 7) is 5.95. The van der Waals surface area contributed by atoms with Gasteiger partial charge in [0, 0.05) is 0 Å². The van der Waals surface area contributed by atoms with Crippen LogP contribution in [0.1, 0.15) is 37.9 Å². The quantitative estimate of drug-likeness (QED) is 0.714. The molecule has 0 bridgehead atoms. The van der Waals surface area contributed by atoms with Gasteiger partial charge in [0.15, 0.2) is 0 Å². The van der Waals surface area contributed by atoms with Crippen LogP contribution in [-0.2, 0) is 11.0 Å². The molecule has 0 heterocycles. The highest BCUT2D eigenvalue weighted by Crippen LogP contribution is 2.27. The minimum Gasteiger partial charge on any atom is -0.242 e. The summed E-state index contributed by atoms with van der Waals surface area (Å²) in [6, 6.07) is 24.8. The number of benzene rings is 3. The van der Waals surface area contributed by atoms with Gasteiger partial charge in [-0.2, -0.15) is 0 Å². The lowest BCUT2D eigenvalue weighted by Crippen LogP contribution is -2.36. The molecule has 2 atom stereocenters. The molecule has 0 saturated heterocycles. The van der Waals surface area contributed by atoms with Crippen molar-refractivity contribution in [2.24, 2.45) is 0 Å². The van der Waals surface area contributed by atoms with Gasteiger partial charge in [-0.15, -0.1) is 0 Å². The minimum absolute atomic E-state index is 0.101. The maximum atomic E-state index is 12.7. The van der Waals surface area contributed by atoms with E-state index in [1.165, 1.54) is 10.8 Å². The largest absolute Gasteiger partial charge is 0.242 e. The predicted molar refractivity (Wildman–Crippen MR) is 103 cm³/mol. The van der Waals surface area contributed by atoms with Crippen LogP contribution < -0.4 is 4.72 Å². The normalized spacial score (nSPS) is 14.5. The number of hydrogen-bond donors (Lipinski definition) is 1. The van der Waals surface area contributed by atoms with Crippen molar-refractivity contribution in [1.82, 2.24) is 4.72 Å². The zero-order chi connectivity index (χ0) is 17.2. The summed E-state index contributed by atoms with van der Waals surface area (Å²) >= 11 is 0. The Morgan fingerprint density at radius 3 is 2.08 bits per heavy atom. The van der Waals surface area contributed by atoms with E-state index in [9.17, 15) is 4.21 Å². The van der Waals surface area contributed by atoms with Gasteiger partial charge in [-0.1, -0.05) is 66.7 Å². The summed E-state index contributed by atoms with van der Waals surface area (Å²) in [5.41, 5.74) is 2.24. The molecule has 0 radical (unpaired) electrons. The van der Waals surface area contributed by atoms with Gasteiger partial charge in [0.2, 0.25) is 0 Å². The number of fused-ring (bicyclic) bond motifs is 1. The molecule has 0 saturated carbocycles. The predicted octanol–water partition coefficient (Wildman–Crippen LogP) is 4.98. The molecule has 0 amide bonds. The molecular weight excluding hydrogens is 314 g/mol. The molecule has 1 N–H and O–H groups in total. The molecule has 3 aromatic carbocycles. The lowest BCUT2D eigenvalue weighted by Gasteiger charge is -2.25. The molecule has 0 aliphatic heterocycles. The Hall–Kier alpha value is -1.97. The second-order valence-electron chi connectivity index (χ2n) is 6.95. The van der Waals surface area contributed by atoms with Crippen LogP contribution in [0.3, 0.4) is 0 Å². The molecule has 3 rings (SSSR count). The van der Waals surface area contributed by atoms with E-state index in [2.05, 4.69) is 47.2 Å². The Morgan fingerprint density at radius 1 is 0.792 bits per heavy atom. The maximum absolute atomic E-state index is 12.7. The molecule has 2 nitrogen and oxygen atoms in total. The molecule has 0 aliphatic carbocycles. The first kappa shape index (κ1) is 16.9. The fourth-order valence-corrected chi connectivity index (χ4v) is 3.48. The summed E-state index contributed by atoms with van der Waals surface area (Å²) in [5.74, 6) is 0. The van der Waals surface area contributed by atoms with Crippen molar-refractivity contribution in [3.05, 3.63) is 83.9 Å². The van der Waals surface area contributed by atoms with Crippen LogP contribution >= 0.6 is 0 Å². The first-order chi connectivity index (χ1) is 11.4. The van der Waals surface area contributed by atoms with Gasteiger partial charge in [-0.25, -0.2) is 8.93 Å². The van der Waals surface area contributed by atoms with Crippen molar-refractivity contribution in [2.75, 3.05) is 0 Å². The molecular formula is C21H23NOS. The molecule has 24 heavy (non-hydrogen) atoms. The zero-order valence-electron chi connectivity index (χ0n) is 14.3. The summed E-state index contributed by atoms with van der Waals surface area (Å²) in [7, 11) is -1.15. The van der Waals surface area contributed by atoms with Crippen LogP contribution in [0.15, 0.2) is 72.8 Å². The number of nitrogens with one attached hydrogen (secondary N) is 1. The highest BCUT2D eigenvalue weighted by molar-refractivity contribution is 7.84. The van der Waals surface area contributed by atoms with E-state index in [1.807, 2.05) is 51.1 Å². The fourth-order valence-electron chi connectivity index (χ4n) is 2.65. The number of rotatable bonds is 4. The van der Waals surface area contributed by atoms with Crippen LogP contribution in [0, 0.1) is 0 Å². The third-order valence-corrected chi connectivity index (χ3v) is 5.58. The molecule has 0 spiro atoms. The lowest BCUT2D eigenvalue weighted by atomic mass is 9.97. The average molecular weight is 337 g/mol. The Bertz CT molecular complexity index is 852. The van der Waals surface area contributed by atoms with Crippen molar-refractivity contribution in [1.29, 1.82) is 0 Å². The van der Waals surface area contributed by atoms with E-state index in [-0.39, 0.29) is 10.8 Å². The molecule has 0 aromatic heterocycles. The number of hydrogen-bond acceptors (Lipinski definition) is 1. The molecule has 0 fully saturated rings. The summed E-state index contributed by atoms with van der Waals surface area (Å²) in [6.07, 6.45) is 0. The van der Waals surface area contributed by atoms with E-state index in [0.717, 1.165) is 11.1 Å². The monoisotopic (exact) mass is 337 g/mol. The smallest absolute Gasteiger partial charge is 0.0979 e. The third-order valence-electron chi connectivity index (χ3n) is 4.02. The van der Waals surface area contributed by atoms with Gasteiger partial charge in [-0.3, -0.25) is 0 Å². The Morgan fingerprint density at radius 2 is 1.42 bits per heavy atom. The minimum atomic E-state index is -1.15. The Labute approximate surface area is 146 Å². The molecule has 0 aliphatic rings. The van der Waals surface area contributed by atoms with E-state index >= 15 is 0 Å². The molecule has 3 heteroatoms. The van der Waals surface area contributed by atoms with Gasteiger partial charge in [0.1, 0.15) is 0 Å². The summed E-state index contributed by atoms with van der Waals surface area (Å²) < 4.78 is 15.7. The van der Waals surface area contributed by atoms with Crippen LogP contribution in [0.5, 0.6) is 0 Å². The van der Waals surface area contributed by atoms with E-state index < -0.39 is 11.0 Å². The van der Waals surface area contributed by atoms with Crippen LogP contribution in [-0.4, -0.2) is 8.96 Å². The Kier molecular flexibility index (Phi) is 4.83. The lowest BCUT2D eigenvalue weighted by molar-refractivity contribution is 0.623. The Balaban J connectivity index is 2.04. The zero-order valence-corrected chi connectivity index (χ0v) is 15.1. The summed E-state index contributed by atoms with van der Waals surface area (Å²) in [5, 5.41) is 2.41. The van der Waals surface area contributed by atoms with E-state index in [1.54, 1.807) is 0 Å². The molecule has 1 unspecified atom stereocenters. The van der Waals surface area contributed by atoms with Crippen molar-refractivity contribution >= 4 is 21.8 Å². The maximum Gasteiger partial charge on any atom is 0.0979 e. The van der Waals surface area contributed by atoms with Crippen LogP contribution in [0.2, 0.25) is 0 Å². The fraction of sp³-hybridized carbons (Fsp3) is 0.238. The SMILES string of the molecule is CC(C)(C)S(=O)N[C@H](c1ccccc1)c1ccc2ccccc2c1. The van der Waals surface area contributed by atoms with Gasteiger partial charge in [0.25, 0.3) is 0 Å². The van der Waals surface area contributed by atoms with E-state index in [4.69, 9.17) is 0 Å². The van der Waals surface area contributed by atoms with Gasteiger partial charge >= 0.3 is 0 Å². The highest BCUT2D eigenvalue weighted by Gasteiger charge is 2.24. The summed E-state index contributed by atoms with van der Waals surface area (Å²) in [4.78, 5) is 0. The highest BCUT2D eigenvalue weighted by atomic mass is 32.2. The third kappa shape index (κ3) is 3.74. The topological polar surface area (TPSA) is 29.1 Å². The second-order valence-corrected chi connectivity index (χ2v) is 8.95. The standard InChI is InChI=1S/C21H23NOS/c1-21(2,3)24(23)22-20(17-10-5-4-6-11-17)19-14-13-16-9-7-8-12-18(16)15-19/h4-15,20,22H,1-3H3/t20-,24?/m1/s1.